The van der Waals surface area contributed by atoms with Gasteiger partial charge in [0.25, 0.3) is 0 Å². The number of nitrogens with one attached hydrogen (secondary N) is 2. The van der Waals surface area contributed by atoms with E-state index in [9.17, 15) is 19.5 Å². The minimum absolute atomic E-state index is 0.0660. The van der Waals surface area contributed by atoms with Crippen LogP contribution in [0.25, 0.3) is 0 Å². The van der Waals surface area contributed by atoms with Crippen LogP contribution in [0, 0.1) is 5.92 Å². The molecule has 6 N–H and O–H groups in total. The van der Waals surface area contributed by atoms with E-state index in [0.717, 1.165) is 5.56 Å². The third kappa shape index (κ3) is 7.21. The van der Waals surface area contributed by atoms with Gasteiger partial charge in [-0.2, -0.15) is 0 Å². The molecular weight excluding hydrogens is 326 g/mol. The second kappa shape index (κ2) is 9.63. The quantitative estimate of drug-likeness (QED) is 0.433. The van der Waals surface area contributed by atoms with Gasteiger partial charge in [-0.25, -0.2) is 4.79 Å². The van der Waals surface area contributed by atoms with Crippen molar-refractivity contribution in [3.63, 3.8) is 0 Å². The van der Waals surface area contributed by atoms with Gasteiger partial charge in [0.1, 0.15) is 6.04 Å². The lowest BCUT2D eigenvalue weighted by molar-refractivity contribution is -0.130. The molecule has 0 bridgehead atoms. The molecule has 3 atom stereocenters. The lowest BCUT2D eigenvalue weighted by Gasteiger charge is -2.26. The largest absolute Gasteiger partial charge is 0.465 e. The molecule has 0 spiro atoms. The second-order valence-electron chi connectivity index (χ2n) is 6.28. The van der Waals surface area contributed by atoms with Crippen molar-refractivity contribution in [2.24, 2.45) is 11.7 Å². The van der Waals surface area contributed by atoms with E-state index in [0.29, 0.717) is 0 Å². The fourth-order valence-electron chi connectivity index (χ4n) is 2.44. The Balaban J connectivity index is 2.91. The topological polar surface area (TPSA) is 142 Å². The molecule has 0 aliphatic carbocycles. The SMILES string of the molecule is CC(C)C[C@H](NC(=O)O)C(=O)NC(Cc1ccccc1)C(O)C(N)=O. The standard InChI is InChI=1S/C17H25N3O5/c1-10(2)8-13(20-17(24)25)16(23)19-12(14(21)15(18)22)9-11-6-4-3-5-7-11/h3-7,10,12-14,20-21H,8-9H2,1-2H3,(H2,18,22)(H,19,23)(H,24,25)/t12?,13-,14?/m0/s1. The third-order valence-electron chi connectivity index (χ3n) is 3.62. The molecule has 0 saturated carbocycles. The average molecular weight is 351 g/mol. The van der Waals surface area contributed by atoms with E-state index in [2.05, 4.69) is 10.6 Å². The van der Waals surface area contributed by atoms with Crippen molar-refractivity contribution in [1.29, 1.82) is 0 Å². The highest BCUT2D eigenvalue weighted by Gasteiger charge is 2.30. The maximum atomic E-state index is 12.4. The molecule has 0 radical (unpaired) electrons. The van der Waals surface area contributed by atoms with Crippen molar-refractivity contribution in [2.75, 3.05) is 0 Å². The zero-order chi connectivity index (χ0) is 19.0. The van der Waals surface area contributed by atoms with Crippen LogP contribution >= 0.6 is 0 Å². The summed E-state index contributed by atoms with van der Waals surface area (Å²) in [5.74, 6) is -1.51. The molecule has 8 nitrogen and oxygen atoms in total. The van der Waals surface area contributed by atoms with Gasteiger partial charge in [0.2, 0.25) is 11.8 Å². The molecule has 0 heterocycles. The van der Waals surface area contributed by atoms with Crippen molar-refractivity contribution < 1.29 is 24.6 Å². The maximum absolute atomic E-state index is 12.4. The molecule has 2 unspecified atom stereocenters. The first-order chi connectivity index (χ1) is 11.7. The van der Waals surface area contributed by atoms with Gasteiger partial charge in [0.15, 0.2) is 6.10 Å². The first-order valence-electron chi connectivity index (χ1n) is 8.01. The van der Waals surface area contributed by atoms with Gasteiger partial charge in [0, 0.05) is 0 Å². The number of aliphatic hydroxyl groups excluding tert-OH is 1. The van der Waals surface area contributed by atoms with E-state index in [-0.39, 0.29) is 18.8 Å². The summed E-state index contributed by atoms with van der Waals surface area (Å²) in [4.78, 5) is 34.7. The number of carbonyl (C=O) groups excluding carboxylic acids is 2. The third-order valence-corrected chi connectivity index (χ3v) is 3.62. The number of aliphatic hydroxyl groups is 1. The first-order valence-corrected chi connectivity index (χ1v) is 8.01. The lowest BCUT2D eigenvalue weighted by Crippen LogP contribution is -2.55. The van der Waals surface area contributed by atoms with Crippen molar-refractivity contribution in [3.8, 4) is 0 Å². The van der Waals surface area contributed by atoms with E-state index in [4.69, 9.17) is 10.8 Å². The summed E-state index contributed by atoms with van der Waals surface area (Å²) in [5.41, 5.74) is 5.95. The highest BCUT2D eigenvalue weighted by Crippen LogP contribution is 2.09. The average Bonchev–Trinajstić information content (AvgIpc) is 2.52. The Labute approximate surface area is 146 Å². The van der Waals surface area contributed by atoms with Crippen LogP contribution in [0.15, 0.2) is 30.3 Å². The molecule has 0 saturated heterocycles. The van der Waals surface area contributed by atoms with E-state index in [1.54, 1.807) is 24.3 Å². The molecule has 0 fully saturated rings. The van der Waals surface area contributed by atoms with Crippen LogP contribution in [0.3, 0.4) is 0 Å². The zero-order valence-corrected chi connectivity index (χ0v) is 14.3. The Kier molecular flexibility index (Phi) is 7.87. The fourth-order valence-corrected chi connectivity index (χ4v) is 2.44. The molecule has 1 rings (SSSR count). The van der Waals surface area contributed by atoms with Crippen LogP contribution in [0.2, 0.25) is 0 Å². The Bertz CT molecular complexity index is 591. The second-order valence-corrected chi connectivity index (χ2v) is 6.28. The molecule has 1 aromatic carbocycles. The predicted octanol–water partition coefficient (Wildman–Crippen LogP) is 0.242. The number of amides is 3. The number of carbonyl (C=O) groups is 3. The Morgan fingerprint density at radius 2 is 1.72 bits per heavy atom. The van der Waals surface area contributed by atoms with Crippen molar-refractivity contribution in [1.82, 2.24) is 10.6 Å². The number of benzene rings is 1. The van der Waals surface area contributed by atoms with E-state index >= 15 is 0 Å². The van der Waals surface area contributed by atoms with Gasteiger partial charge in [-0.1, -0.05) is 44.2 Å². The molecular formula is C17H25N3O5. The molecule has 1 aromatic rings. The van der Waals surface area contributed by atoms with Crippen molar-refractivity contribution >= 4 is 17.9 Å². The highest BCUT2D eigenvalue weighted by molar-refractivity contribution is 5.87. The summed E-state index contributed by atoms with van der Waals surface area (Å²) in [6, 6.07) is 7.02. The van der Waals surface area contributed by atoms with Crippen LogP contribution in [0.5, 0.6) is 0 Å². The minimum Gasteiger partial charge on any atom is -0.465 e. The van der Waals surface area contributed by atoms with E-state index in [1.807, 2.05) is 19.9 Å². The molecule has 0 aromatic heterocycles. The van der Waals surface area contributed by atoms with Gasteiger partial charge in [-0.05, 0) is 24.3 Å². The summed E-state index contributed by atoms with van der Waals surface area (Å²) in [7, 11) is 0. The predicted molar refractivity (Wildman–Crippen MR) is 91.7 cm³/mol. The van der Waals surface area contributed by atoms with E-state index < -0.39 is 36.1 Å². The number of rotatable bonds is 9. The number of primary amides is 1. The summed E-state index contributed by atoms with van der Waals surface area (Å²) < 4.78 is 0. The monoisotopic (exact) mass is 351 g/mol. The molecule has 0 aliphatic rings. The summed E-state index contributed by atoms with van der Waals surface area (Å²) in [6.45, 7) is 3.70. The highest BCUT2D eigenvalue weighted by atomic mass is 16.4. The van der Waals surface area contributed by atoms with Gasteiger partial charge >= 0.3 is 6.09 Å². The number of hydrogen-bond donors (Lipinski definition) is 5. The van der Waals surface area contributed by atoms with Crippen LogP contribution in [0.1, 0.15) is 25.8 Å². The Hall–Kier alpha value is -2.61. The first kappa shape index (κ1) is 20.4. The van der Waals surface area contributed by atoms with Gasteiger partial charge in [-0.15, -0.1) is 0 Å². The fraction of sp³-hybridized carbons (Fsp3) is 0.471. The van der Waals surface area contributed by atoms with Gasteiger partial charge in [0.05, 0.1) is 6.04 Å². The number of hydrogen-bond acceptors (Lipinski definition) is 4. The van der Waals surface area contributed by atoms with Crippen LogP contribution in [-0.2, 0) is 16.0 Å². The minimum atomic E-state index is -1.59. The Morgan fingerprint density at radius 3 is 2.20 bits per heavy atom. The normalized spacial score (nSPS) is 14.4. The van der Waals surface area contributed by atoms with Crippen LogP contribution in [0.4, 0.5) is 4.79 Å². The summed E-state index contributed by atoms with van der Waals surface area (Å²) in [5, 5.41) is 23.6. The maximum Gasteiger partial charge on any atom is 0.405 e. The lowest BCUT2D eigenvalue weighted by atomic mass is 9.98. The zero-order valence-electron chi connectivity index (χ0n) is 14.3. The summed E-state index contributed by atoms with van der Waals surface area (Å²) >= 11 is 0. The van der Waals surface area contributed by atoms with Crippen LogP contribution < -0.4 is 16.4 Å². The molecule has 138 valence electrons. The molecule has 8 heteroatoms. The van der Waals surface area contributed by atoms with Crippen molar-refractivity contribution in [2.45, 2.75) is 44.9 Å². The molecule has 0 aliphatic heterocycles. The molecule has 3 amide bonds. The van der Waals surface area contributed by atoms with Crippen LogP contribution in [-0.4, -0.2) is 46.3 Å². The van der Waals surface area contributed by atoms with E-state index in [1.165, 1.54) is 0 Å². The van der Waals surface area contributed by atoms with Gasteiger partial charge < -0.3 is 26.6 Å². The number of carboxylic acid groups (broad SMARTS) is 1. The Morgan fingerprint density at radius 1 is 1.12 bits per heavy atom. The number of nitrogens with two attached hydrogens (primary N) is 1. The summed E-state index contributed by atoms with van der Waals surface area (Å²) in [6.07, 6.45) is -2.45. The van der Waals surface area contributed by atoms with Crippen molar-refractivity contribution in [3.05, 3.63) is 35.9 Å². The smallest absolute Gasteiger partial charge is 0.405 e. The van der Waals surface area contributed by atoms with Gasteiger partial charge in [-0.3, -0.25) is 9.59 Å². The molecule has 25 heavy (non-hydrogen) atoms.